The average molecular weight is 446 g/mol. The van der Waals surface area contributed by atoms with Crippen molar-refractivity contribution in [2.75, 3.05) is 19.6 Å². The Bertz CT molecular complexity index is 1090. The van der Waals surface area contributed by atoms with Gasteiger partial charge in [-0.2, -0.15) is 0 Å². The predicted octanol–water partition coefficient (Wildman–Crippen LogP) is 1.14. The molecule has 0 aliphatic carbocycles. The number of hydrogen-bond donors (Lipinski definition) is 3. The molecule has 170 valence electrons. The SMILES string of the molecule is O=C1CN(C2C3CCN(CC3)C2NC(=O)C2c3ccccc3C(=O)NC2c2ccccc2)N1. The maximum Gasteiger partial charge on any atom is 0.252 e. The van der Waals surface area contributed by atoms with Crippen molar-refractivity contribution in [2.24, 2.45) is 5.92 Å². The fourth-order valence-electron chi connectivity index (χ4n) is 6.01. The normalized spacial score (nSPS) is 32.8. The summed E-state index contributed by atoms with van der Waals surface area (Å²) in [6.45, 7) is 2.25. The molecular formula is C25H27N5O3. The number of amides is 3. The summed E-state index contributed by atoms with van der Waals surface area (Å²) < 4.78 is 0. The molecule has 2 bridgehead atoms. The van der Waals surface area contributed by atoms with Crippen molar-refractivity contribution in [1.29, 1.82) is 0 Å². The largest absolute Gasteiger partial charge is 0.344 e. The van der Waals surface area contributed by atoms with Gasteiger partial charge in [0.15, 0.2) is 0 Å². The van der Waals surface area contributed by atoms with Crippen LogP contribution in [-0.2, 0) is 9.59 Å². The van der Waals surface area contributed by atoms with E-state index in [0.29, 0.717) is 18.0 Å². The van der Waals surface area contributed by atoms with Crippen molar-refractivity contribution in [3.05, 3.63) is 71.3 Å². The van der Waals surface area contributed by atoms with Gasteiger partial charge in [-0.3, -0.25) is 24.7 Å². The number of nitrogens with zero attached hydrogens (tertiary/aromatic N) is 2. The lowest BCUT2D eigenvalue weighted by atomic mass is 9.78. The van der Waals surface area contributed by atoms with Crippen LogP contribution >= 0.6 is 0 Å². The molecule has 3 N–H and O–H groups in total. The first-order valence-corrected chi connectivity index (χ1v) is 11.7. The number of fused-ring (bicyclic) bond motifs is 4. The fraction of sp³-hybridized carbons (Fsp3) is 0.400. The second-order valence-electron chi connectivity index (χ2n) is 9.41. The topological polar surface area (TPSA) is 93.8 Å². The zero-order chi connectivity index (χ0) is 22.5. The van der Waals surface area contributed by atoms with E-state index in [-0.39, 0.29) is 29.9 Å². The van der Waals surface area contributed by atoms with Crippen molar-refractivity contribution in [1.82, 2.24) is 26.0 Å². The Morgan fingerprint density at radius 2 is 1.67 bits per heavy atom. The zero-order valence-corrected chi connectivity index (χ0v) is 18.2. The number of nitrogens with one attached hydrogen (secondary N) is 3. The molecule has 8 nitrogen and oxygen atoms in total. The van der Waals surface area contributed by atoms with Crippen LogP contribution in [0.5, 0.6) is 0 Å². The van der Waals surface area contributed by atoms with Gasteiger partial charge in [-0.15, -0.1) is 0 Å². The van der Waals surface area contributed by atoms with Crippen LogP contribution in [0, 0.1) is 5.92 Å². The van der Waals surface area contributed by atoms with Gasteiger partial charge in [0, 0.05) is 18.7 Å². The van der Waals surface area contributed by atoms with Gasteiger partial charge in [0.25, 0.3) is 5.91 Å². The first-order valence-electron chi connectivity index (χ1n) is 11.7. The van der Waals surface area contributed by atoms with Crippen LogP contribution in [0.2, 0.25) is 0 Å². The minimum Gasteiger partial charge on any atom is -0.344 e. The number of carbonyl (C=O) groups excluding carboxylic acids is 3. The molecule has 5 heterocycles. The van der Waals surface area contributed by atoms with Crippen molar-refractivity contribution in [3.63, 3.8) is 0 Å². The van der Waals surface area contributed by atoms with Crippen LogP contribution in [0.25, 0.3) is 0 Å². The summed E-state index contributed by atoms with van der Waals surface area (Å²) in [5, 5.41) is 8.39. The number of rotatable bonds is 4. The molecule has 0 spiro atoms. The van der Waals surface area contributed by atoms with Crippen LogP contribution < -0.4 is 16.1 Å². The smallest absolute Gasteiger partial charge is 0.252 e. The van der Waals surface area contributed by atoms with Crippen LogP contribution in [0.4, 0.5) is 0 Å². The molecule has 7 rings (SSSR count). The lowest BCUT2D eigenvalue weighted by Gasteiger charge is -2.56. The highest BCUT2D eigenvalue weighted by Crippen LogP contribution is 2.39. The second-order valence-corrected chi connectivity index (χ2v) is 9.41. The van der Waals surface area contributed by atoms with Crippen LogP contribution in [-0.4, -0.2) is 59.5 Å². The van der Waals surface area contributed by atoms with Gasteiger partial charge in [-0.05, 0) is 36.0 Å². The van der Waals surface area contributed by atoms with Gasteiger partial charge < -0.3 is 10.6 Å². The monoisotopic (exact) mass is 445 g/mol. The maximum atomic E-state index is 13.9. The van der Waals surface area contributed by atoms with Gasteiger partial charge in [-0.25, -0.2) is 5.01 Å². The third-order valence-corrected chi connectivity index (χ3v) is 7.61. The van der Waals surface area contributed by atoms with E-state index in [2.05, 4.69) is 21.0 Å². The fourth-order valence-corrected chi connectivity index (χ4v) is 6.01. The Morgan fingerprint density at radius 3 is 2.39 bits per heavy atom. The minimum absolute atomic E-state index is 0.0181. The highest BCUT2D eigenvalue weighted by atomic mass is 16.2. The summed E-state index contributed by atoms with van der Waals surface area (Å²) in [4.78, 5) is 40.7. The Morgan fingerprint density at radius 1 is 0.970 bits per heavy atom. The summed E-state index contributed by atoms with van der Waals surface area (Å²) in [6.07, 6.45) is 1.96. The first kappa shape index (κ1) is 20.4. The molecule has 5 aliphatic rings. The first-order chi connectivity index (χ1) is 16.1. The number of carbonyl (C=O) groups is 3. The standard InChI is InChI=1S/C25H27N5O3/c31-19-14-30(28-19)22-16-10-12-29(13-11-16)23(22)27-25(33)20-17-8-4-5-9-18(17)24(32)26-21(20)15-6-2-1-3-7-15/h1-9,16,20-23H,10-14H2,(H,26,32)(H,27,33)(H,28,31). The molecule has 4 atom stereocenters. The lowest BCUT2D eigenvalue weighted by Crippen LogP contribution is -2.75. The summed E-state index contributed by atoms with van der Waals surface area (Å²) >= 11 is 0. The zero-order valence-electron chi connectivity index (χ0n) is 18.2. The Hall–Kier alpha value is -3.23. The highest BCUT2D eigenvalue weighted by molar-refractivity contribution is 6.01. The molecule has 2 aromatic carbocycles. The van der Waals surface area contributed by atoms with Crippen molar-refractivity contribution < 1.29 is 14.4 Å². The summed E-state index contributed by atoms with van der Waals surface area (Å²) in [7, 11) is 0. The Kier molecular flexibility index (Phi) is 4.92. The van der Waals surface area contributed by atoms with Crippen LogP contribution in [0.15, 0.2) is 54.6 Å². The van der Waals surface area contributed by atoms with Gasteiger partial charge in [0.2, 0.25) is 11.8 Å². The molecule has 0 aromatic heterocycles. The van der Waals surface area contributed by atoms with Gasteiger partial charge in [0.05, 0.1) is 30.7 Å². The molecule has 4 saturated heterocycles. The van der Waals surface area contributed by atoms with E-state index in [1.807, 2.05) is 53.5 Å². The lowest BCUT2D eigenvalue weighted by molar-refractivity contribution is -0.157. The van der Waals surface area contributed by atoms with Crippen molar-refractivity contribution >= 4 is 17.7 Å². The number of hydrogen-bond acceptors (Lipinski definition) is 5. The quantitative estimate of drug-likeness (QED) is 0.656. The summed E-state index contributed by atoms with van der Waals surface area (Å²) in [5.74, 6) is -0.362. The summed E-state index contributed by atoms with van der Waals surface area (Å²) in [5.41, 5.74) is 5.09. The molecule has 8 heteroatoms. The van der Waals surface area contributed by atoms with E-state index >= 15 is 0 Å². The van der Waals surface area contributed by atoms with E-state index < -0.39 is 12.0 Å². The third-order valence-electron chi connectivity index (χ3n) is 7.61. The molecule has 33 heavy (non-hydrogen) atoms. The molecular weight excluding hydrogens is 418 g/mol. The molecule has 2 aromatic rings. The van der Waals surface area contributed by atoms with E-state index in [1.165, 1.54) is 0 Å². The molecule has 5 aliphatic heterocycles. The van der Waals surface area contributed by atoms with E-state index in [9.17, 15) is 14.4 Å². The molecule has 0 saturated carbocycles. The Labute approximate surface area is 192 Å². The average Bonchev–Trinajstić information content (AvgIpc) is 2.83. The van der Waals surface area contributed by atoms with E-state index in [1.54, 1.807) is 6.07 Å². The van der Waals surface area contributed by atoms with E-state index in [4.69, 9.17) is 0 Å². The summed E-state index contributed by atoms with van der Waals surface area (Å²) in [6, 6.07) is 16.6. The van der Waals surface area contributed by atoms with Crippen LogP contribution in [0.1, 0.15) is 46.3 Å². The minimum atomic E-state index is -0.547. The van der Waals surface area contributed by atoms with Crippen molar-refractivity contribution in [2.45, 2.75) is 37.0 Å². The van der Waals surface area contributed by atoms with Crippen molar-refractivity contribution in [3.8, 4) is 0 Å². The van der Waals surface area contributed by atoms with Gasteiger partial charge >= 0.3 is 0 Å². The Balaban J connectivity index is 1.34. The second kappa shape index (κ2) is 7.97. The maximum absolute atomic E-state index is 13.9. The van der Waals surface area contributed by atoms with Gasteiger partial charge in [0.1, 0.15) is 0 Å². The number of benzene rings is 2. The predicted molar refractivity (Wildman–Crippen MR) is 121 cm³/mol. The number of piperidine rings is 3. The molecule has 4 unspecified atom stereocenters. The third kappa shape index (κ3) is 3.41. The highest BCUT2D eigenvalue weighted by Gasteiger charge is 2.50. The van der Waals surface area contributed by atoms with E-state index in [0.717, 1.165) is 37.1 Å². The van der Waals surface area contributed by atoms with Crippen LogP contribution in [0.3, 0.4) is 0 Å². The van der Waals surface area contributed by atoms with Gasteiger partial charge in [-0.1, -0.05) is 48.5 Å². The molecule has 0 radical (unpaired) electrons. The number of hydrazine groups is 1. The molecule has 3 amide bonds. The molecule has 4 fully saturated rings.